The molecule has 0 N–H and O–H groups in total. The Labute approximate surface area is 86.0 Å². The molecule has 1 aromatic rings. The van der Waals surface area contributed by atoms with Crippen LogP contribution in [0.2, 0.25) is 0 Å². The first kappa shape index (κ1) is 10.8. The third-order valence-corrected chi connectivity index (χ3v) is 1.98. The Hall–Kier alpha value is -1.31. The lowest BCUT2D eigenvalue weighted by Gasteiger charge is -2.18. The lowest BCUT2D eigenvalue weighted by atomic mass is 9.91. The van der Waals surface area contributed by atoms with E-state index < -0.39 is 0 Å². The second-order valence-electron chi connectivity index (χ2n) is 4.60. The molecule has 2 heteroatoms. The highest BCUT2D eigenvalue weighted by molar-refractivity contribution is 5.43. The van der Waals surface area contributed by atoms with Crippen LogP contribution < -0.4 is 0 Å². The van der Waals surface area contributed by atoms with Gasteiger partial charge in [0.05, 0.1) is 0 Å². The Balaban J connectivity index is 3.03. The van der Waals surface area contributed by atoms with Crippen molar-refractivity contribution in [3.63, 3.8) is 0 Å². The predicted octanol–water partition coefficient (Wildman–Crippen LogP) is 3.22. The van der Waals surface area contributed by atoms with Gasteiger partial charge in [-0.2, -0.15) is 0 Å². The molecule has 0 radical (unpaired) electrons. The monoisotopic (exact) mass is 190 g/mol. The van der Waals surface area contributed by atoms with Gasteiger partial charge in [-0.3, -0.25) is 0 Å². The molecule has 1 rings (SSSR count). The molecular formula is C12H18N2. The van der Waals surface area contributed by atoms with Crippen molar-refractivity contribution >= 4 is 12.3 Å². The van der Waals surface area contributed by atoms with Crippen molar-refractivity contribution < 1.29 is 0 Å². The van der Waals surface area contributed by atoms with E-state index in [9.17, 15) is 0 Å². The Morgan fingerprint density at radius 3 is 2.50 bits per heavy atom. The fourth-order valence-electron chi connectivity index (χ4n) is 1.45. The zero-order valence-electron chi connectivity index (χ0n) is 9.25. The summed E-state index contributed by atoms with van der Waals surface area (Å²) in [5, 5.41) is 0. The molecule has 0 aliphatic carbocycles. The molecule has 0 aliphatic rings. The summed E-state index contributed by atoms with van der Waals surface area (Å²) in [5.74, 6) is 0.860. The summed E-state index contributed by atoms with van der Waals surface area (Å²) < 4.78 is 1.98. The van der Waals surface area contributed by atoms with Crippen molar-refractivity contribution in [1.29, 1.82) is 0 Å². The van der Waals surface area contributed by atoms with Crippen LogP contribution in [0, 0.1) is 5.41 Å². The van der Waals surface area contributed by atoms with Crippen LogP contribution in [0.4, 0.5) is 0 Å². The first-order valence-corrected chi connectivity index (χ1v) is 4.79. The van der Waals surface area contributed by atoms with Crippen LogP contribution in [-0.4, -0.2) is 9.55 Å². The van der Waals surface area contributed by atoms with Crippen LogP contribution in [0.1, 0.15) is 32.3 Å². The highest BCUT2D eigenvalue weighted by Gasteiger charge is 2.15. The van der Waals surface area contributed by atoms with Gasteiger partial charge in [0.1, 0.15) is 5.82 Å². The van der Waals surface area contributed by atoms with Crippen molar-refractivity contribution in [3.8, 4) is 0 Å². The highest BCUT2D eigenvalue weighted by Crippen LogP contribution is 2.21. The molecule has 14 heavy (non-hydrogen) atoms. The van der Waals surface area contributed by atoms with Crippen LogP contribution in [0.5, 0.6) is 0 Å². The van der Waals surface area contributed by atoms with Gasteiger partial charge in [-0.1, -0.05) is 33.9 Å². The van der Waals surface area contributed by atoms with E-state index in [4.69, 9.17) is 0 Å². The molecule has 1 aromatic heterocycles. The van der Waals surface area contributed by atoms with E-state index in [-0.39, 0.29) is 5.41 Å². The zero-order chi connectivity index (χ0) is 10.8. The predicted molar refractivity (Wildman–Crippen MR) is 61.9 cm³/mol. The van der Waals surface area contributed by atoms with Crippen molar-refractivity contribution in [2.24, 2.45) is 5.41 Å². The van der Waals surface area contributed by atoms with Gasteiger partial charge in [-0.25, -0.2) is 4.98 Å². The number of imidazole rings is 1. The standard InChI is InChI=1S/C12H18N2/c1-6-11-13-9-10(14(11)7-2)8-12(3,4)5/h6-7,9H,1-2,8H2,3-5H3. The Morgan fingerprint density at radius 2 is 2.07 bits per heavy atom. The van der Waals surface area contributed by atoms with E-state index in [1.807, 2.05) is 10.8 Å². The van der Waals surface area contributed by atoms with Crippen molar-refractivity contribution in [2.75, 3.05) is 0 Å². The van der Waals surface area contributed by atoms with E-state index in [1.54, 1.807) is 12.3 Å². The van der Waals surface area contributed by atoms with Gasteiger partial charge in [-0.15, -0.1) is 0 Å². The third-order valence-electron chi connectivity index (χ3n) is 1.98. The second kappa shape index (κ2) is 3.82. The number of aromatic nitrogens is 2. The summed E-state index contributed by atoms with van der Waals surface area (Å²) in [6.45, 7) is 14.1. The van der Waals surface area contributed by atoms with E-state index in [1.165, 1.54) is 5.69 Å². The number of nitrogens with zero attached hydrogens (tertiary/aromatic N) is 2. The largest absolute Gasteiger partial charge is 0.305 e. The molecule has 0 saturated carbocycles. The van der Waals surface area contributed by atoms with Gasteiger partial charge in [-0.05, 0) is 17.9 Å². The van der Waals surface area contributed by atoms with Crippen LogP contribution in [0.25, 0.3) is 12.3 Å². The molecule has 0 bridgehead atoms. The molecular weight excluding hydrogens is 172 g/mol. The van der Waals surface area contributed by atoms with E-state index in [0.717, 1.165) is 12.2 Å². The van der Waals surface area contributed by atoms with Crippen LogP contribution >= 0.6 is 0 Å². The fraction of sp³-hybridized carbons (Fsp3) is 0.417. The average Bonchev–Trinajstić information content (AvgIpc) is 2.43. The van der Waals surface area contributed by atoms with E-state index in [2.05, 4.69) is 38.9 Å². The Morgan fingerprint density at radius 1 is 1.43 bits per heavy atom. The van der Waals surface area contributed by atoms with Crippen LogP contribution in [0.3, 0.4) is 0 Å². The fourth-order valence-corrected chi connectivity index (χ4v) is 1.45. The quantitative estimate of drug-likeness (QED) is 0.715. The van der Waals surface area contributed by atoms with Crippen molar-refractivity contribution in [1.82, 2.24) is 9.55 Å². The average molecular weight is 190 g/mol. The van der Waals surface area contributed by atoms with Gasteiger partial charge in [0.2, 0.25) is 0 Å². The second-order valence-corrected chi connectivity index (χ2v) is 4.60. The van der Waals surface area contributed by atoms with Gasteiger partial charge in [0.25, 0.3) is 0 Å². The summed E-state index contributed by atoms with van der Waals surface area (Å²) in [6.07, 6.45) is 6.41. The molecule has 0 aromatic carbocycles. The number of rotatable bonds is 3. The zero-order valence-corrected chi connectivity index (χ0v) is 9.25. The van der Waals surface area contributed by atoms with Gasteiger partial charge in [0, 0.05) is 18.1 Å². The van der Waals surface area contributed by atoms with E-state index in [0.29, 0.717) is 0 Å². The molecule has 1 heterocycles. The molecule has 0 unspecified atom stereocenters. The van der Waals surface area contributed by atoms with Gasteiger partial charge in [0.15, 0.2) is 0 Å². The molecule has 76 valence electrons. The normalized spacial score (nSPS) is 11.4. The maximum absolute atomic E-state index is 4.26. The highest BCUT2D eigenvalue weighted by atomic mass is 15.1. The minimum atomic E-state index is 0.263. The van der Waals surface area contributed by atoms with Crippen LogP contribution in [-0.2, 0) is 6.42 Å². The summed E-state index contributed by atoms with van der Waals surface area (Å²) in [4.78, 5) is 4.26. The topological polar surface area (TPSA) is 17.8 Å². The Kier molecular flexibility index (Phi) is 2.94. The lowest BCUT2D eigenvalue weighted by molar-refractivity contribution is 0.404. The molecule has 2 nitrogen and oxygen atoms in total. The third kappa shape index (κ3) is 2.34. The van der Waals surface area contributed by atoms with Crippen LogP contribution in [0.15, 0.2) is 19.4 Å². The first-order valence-electron chi connectivity index (χ1n) is 4.79. The van der Waals surface area contributed by atoms with E-state index >= 15 is 0 Å². The SMILES string of the molecule is C=Cc1ncc(CC(C)(C)C)n1C=C. The minimum absolute atomic E-state index is 0.263. The molecule has 0 saturated heterocycles. The van der Waals surface area contributed by atoms with Crippen molar-refractivity contribution in [2.45, 2.75) is 27.2 Å². The molecule has 0 aliphatic heterocycles. The lowest BCUT2D eigenvalue weighted by Crippen LogP contribution is -2.11. The van der Waals surface area contributed by atoms with Gasteiger partial charge >= 0.3 is 0 Å². The summed E-state index contributed by atoms with van der Waals surface area (Å²) in [7, 11) is 0. The minimum Gasteiger partial charge on any atom is -0.305 e. The maximum Gasteiger partial charge on any atom is 0.136 e. The summed E-state index contributed by atoms with van der Waals surface area (Å²) in [5.41, 5.74) is 1.45. The molecule has 0 fully saturated rings. The first-order chi connectivity index (χ1) is 6.48. The summed E-state index contributed by atoms with van der Waals surface area (Å²) in [6, 6.07) is 0. The maximum atomic E-state index is 4.26. The molecule has 0 atom stereocenters. The molecule has 0 amide bonds. The summed E-state index contributed by atoms with van der Waals surface area (Å²) >= 11 is 0. The molecule has 0 spiro atoms. The number of hydrogen-bond acceptors (Lipinski definition) is 1. The van der Waals surface area contributed by atoms with Gasteiger partial charge < -0.3 is 4.57 Å². The number of hydrogen-bond donors (Lipinski definition) is 0. The Bertz CT molecular complexity index is 340. The van der Waals surface area contributed by atoms with Crippen molar-refractivity contribution in [3.05, 3.63) is 30.9 Å². The smallest absolute Gasteiger partial charge is 0.136 e.